The molecule has 0 radical (unpaired) electrons. The molecule has 6 heteroatoms. The van der Waals surface area contributed by atoms with Crippen LogP contribution in [-0.4, -0.2) is 29.9 Å². The van der Waals surface area contributed by atoms with Crippen LogP contribution in [0, 0.1) is 13.8 Å². The van der Waals surface area contributed by atoms with Crippen LogP contribution in [0.5, 0.6) is 0 Å². The van der Waals surface area contributed by atoms with Gasteiger partial charge in [-0.05, 0) is 37.6 Å². The summed E-state index contributed by atoms with van der Waals surface area (Å²) in [6.07, 6.45) is 0. The molecule has 1 aromatic carbocycles. The lowest BCUT2D eigenvalue weighted by molar-refractivity contribution is 0.262. The number of nitrogens with one attached hydrogen (secondary N) is 2. The third-order valence-electron chi connectivity index (χ3n) is 3.22. The van der Waals surface area contributed by atoms with Gasteiger partial charge in [0.1, 0.15) is 5.82 Å². The van der Waals surface area contributed by atoms with Gasteiger partial charge in [-0.15, -0.1) is 0 Å². The van der Waals surface area contributed by atoms with Crippen molar-refractivity contribution in [2.75, 3.05) is 29.6 Å². The molecule has 2 aromatic rings. The normalized spacial score (nSPS) is 10.3. The Labute approximate surface area is 124 Å². The first-order chi connectivity index (χ1) is 9.86. The Hall–Kier alpha value is -2.50. The second-order valence-electron chi connectivity index (χ2n) is 5.27. The molecule has 0 saturated heterocycles. The second-order valence-corrected chi connectivity index (χ2v) is 5.27. The average Bonchev–Trinajstić information content (AvgIpc) is 2.70. The summed E-state index contributed by atoms with van der Waals surface area (Å²) < 4.78 is 1.64. The third kappa shape index (κ3) is 3.53. The van der Waals surface area contributed by atoms with E-state index in [4.69, 9.17) is 0 Å². The lowest BCUT2D eigenvalue weighted by atomic mass is 10.1. The van der Waals surface area contributed by atoms with E-state index in [0.29, 0.717) is 5.82 Å². The highest BCUT2D eigenvalue weighted by Crippen LogP contribution is 2.21. The van der Waals surface area contributed by atoms with Crippen molar-refractivity contribution in [3.8, 4) is 0 Å². The third-order valence-corrected chi connectivity index (χ3v) is 3.22. The van der Waals surface area contributed by atoms with Gasteiger partial charge in [-0.1, -0.05) is 0 Å². The number of hydrogen-bond donors (Lipinski definition) is 2. The average molecular weight is 287 g/mol. The fourth-order valence-electron chi connectivity index (χ4n) is 2.06. The van der Waals surface area contributed by atoms with E-state index in [1.165, 1.54) is 0 Å². The number of carbonyl (C=O) groups excluding carboxylic acids is 1. The zero-order valence-electron chi connectivity index (χ0n) is 13.1. The van der Waals surface area contributed by atoms with Crippen molar-refractivity contribution < 1.29 is 4.79 Å². The molecular formula is C15H21N5O. The van der Waals surface area contributed by atoms with E-state index in [0.717, 1.165) is 22.6 Å². The van der Waals surface area contributed by atoms with E-state index in [-0.39, 0.29) is 6.03 Å². The molecule has 2 amide bonds. The number of amides is 2. The Balaban J connectivity index is 2.08. The predicted octanol–water partition coefficient (Wildman–Crippen LogP) is 2.75. The highest BCUT2D eigenvalue weighted by molar-refractivity contribution is 5.99. The van der Waals surface area contributed by atoms with Crippen LogP contribution in [0.25, 0.3) is 0 Å². The summed E-state index contributed by atoms with van der Waals surface area (Å²) in [6, 6.07) is 7.44. The fourth-order valence-corrected chi connectivity index (χ4v) is 2.06. The van der Waals surface area contributed by atoms with Crippen LogP contribution >= 0.6 is 0 Å². The van der Waals surface area contributed by atoms with Gasteiger partial charge < -0.3 is 10.2 Å². The summed E-state index contributed by atoms with van der Waals surface area (Å²) in [4.78, 5) is 14.1. The minimum Gasteiger partial charge on any atom is -0.378 e. The highest BCUT2D eigenvalue weighted by atomic mass is 16.2. The molecule has 6 nitrogen and oxygen atoms in total. The van der Waals surface area contributed by atoms with Crippen molar-refractivity contribution in [2.45, 2.75) is 13.8 Å². The number of aryl methyl sites for hydroxylation is 3. The van der Waals surface area contributed by atoms with Crippen molar-refractivity contribution in [2.24, 2.45) is 7.05 Å². The molecule has 0 saturated carbocycles. The second kappa shape index (κ2) is 5.87. The summed E-state index contributed by atoms with van der Waals surface area (Å²) in [5, 5.41) is 9.82. The van der Waals surface area contributed by atoms with Gasteiger partial charge in [0, 0.05) is 38.6 Å². The molecule has 2 rings (SSSR count). The number of aromatic nitrogens is 2. The molecule has 0 aliphatic rings. The van der Waals surface area contributed by atoms with Gasteiger partial charge in [-0.3, -0.25) is 10.00 Å². The van der Waals surface area contributed by atoms with E-state index in [9.17, 15) is 4.79 Å². The SMILES string of the molecule is Cc1cc(NC(=O)Nc2ccc(N(C)C)cc2C)n(C)n1. The molecule has 0 atom stereocenters. The molecule has 0 fully saturated rings. The van der Waals surface area contributed by atoms with Crippen LogP contribution in [0.4, 0.5) is 22.0 Å². The monoisotopic (exact) mass is 287 g/mol. The smallest absolute Gasteiger partial charge is 0.324 e. The van der Waals surface area contributed by atoms with Crippen molar-refractivity contribution in [1.29, 1.82) is 0 Å². The van der Waals surface area contributed by atoms with Gasteiger partial charge in [0.05, 0.1) is 5.69 Å². The van der Waals surface area contributed by atoms with Gasteiger partial charge in [0.25, 0.3) is 0 Å². The van der Waals surface area contributed by atoms with E-state index in [2.05, 4.69) is 15.7 Å². The Morgan fingerprint density at radius 2 is 1.90 bits per heavy atom. The van der Waals surface area contributed by atoms with Crippen LogP contribution in [0.2, 0.25) is 0 Å². The van der Waals surface area contributed by atoms with Crippen LogP contribution in [0.1, 0.15) is 11.3 Å². The number of anilines is 3. The van der Waals surface area contributed by atoms with E-state index in [1.807, 2.05) is 57.1 Å². The van der Waals surface area contributed by atoms with Crippen LogP contribution in [-0.2, 0) is 7.05 Å². The summed E-state index contributed by atoms with van der Waals surface area (Å²) in [7, 11) is 5.76. The topological polar surface area (TPSA) is 62.2 Å². The largest absolute Gasteiger partial charge is 0.378 e. The zero-order chi connectivity index (χ0) is 15.6. The summed E-state index contributed by atoms with van der Waals surface area (Å²) >= 11 is 0. The summed E-state index contributed by atoms with van der Waals surface area (Å²) in [5.41, 5.74) is 3.76. The quantitative estimate of drug-likeness (QED) is 0.912. The number of hydrogen-bond acceptors (Lipinski definition) is 3. The molecule has 112 valence electrons. The molecule has 1 aromatic heterocycles. The lowest BCUT2D eigenvalue weighted by Crippen LogP contribution is -2.21. The van der Waals surface area contributed by atoms with Crippen molar-refractivity contribution in [3.63, 3.8) is 0 Å². The van der Waals surface area contributed by atoms with E-state index < -0.39 is 0 Å². The van der Waals surface area contributed by atoms with Crippen LogP contribution < -0.4 is 15.5 Å². The number of nitrogens with zero attached hydrogens (tertiary/aromatic N) is 3. The summed E-state index contributed by atoms with van der Waals surface area (Å²) in [5.74, 6) is 0.660. The Morgan fingerprint density at radius 3 is 2.43 bits per heavy atom. The highest BCUT2D eigenvalue weighted by Gasteiger charge is 2.09. The maximum atomic E-state index is 12.0. The molecule has 21 heavy (non-hydrogen) atoms. The molecule has 1 heterocycles. The van der Waals surface area contributed by atoms with Gasteiger partial charge in [0.2, 0.25) is 0 Å². The minimum atomic E-state index is -0.279. The maximum Gasteiger partial charge on any atom is 0.324 e. The molecule has 0 bridgehead atoms. The minimum absolute atomic E-state index is 0.279. The number of urea groups is 1. The van der Waals surface area contributed by atoms with Gasteiger partial charge >= 0.3 is 6.03 Å². The van der Waals surface area contributed by atoms with Crippen molar-refractivity contribution in [1.82, 2.24) is 9.78 Å². The van der Waals surface area contributed by atoms with E-state index >= 15 is 0 Å². The zero-order valence-corrected chi connectivity index (χ0v) is 13.1. The van der Waals surface area contributed by atoms with Crippen LogP contribution in [0.3, 0.4) is 0 Å². The van der Waals surface area contributed by atoms with E-state index in [1.54, 1.807) is 11.7 Å². The first-order valence-electron chi connectivity index (χ1n) is 6.73. The molecule has 0 spiro atoms. The number of benzene rings is 1. The first-order valence-corrected chi connectivity index (χ1v) is 6.73. The first kappa shape index (κ1) is 14.9. The molecule has 0 aliphatic heterocycles. The van der Waals surface area contributed by atoms with Gasteiger partial charge in [0.15, 0.2) is 0 Å². The summed E-state index contributed by atoms with van der Waals surface area (Å²) in [6.45, 7) is 3.85. The molecule has 0 unspecified atom stereocenters. The van der Waals surface area contributed by atoms with Crippen molar-refractivity contribution in [3.05, 3.63) is 35.5 Å². The van der Waals surface area contributed by atoms with Gasteiger partial charge in [-0.25, -0.2) is 4.79 Å². The molecular weight excluding hydrogens is 266 g/mol. The predicted molar refractivity (Wildman–Crippen MR) is 86.1 cm³/mol. The Morgan fingerprint density at radius 1 is 1.19 bits per heavy atom. The number of rotatable bonds is 3. The fraction of sp³-hybridized carbons (Fsp3) is 0.333. The standard InChI is InChI=1S/C15H21N5O/c1-10-8-12(19(3)4)6-7-13(10)16-15(21)17-14-9-11(2)18-20(14)5/h6-9H,1-5H3,(H2,16,17,21). The Kier molecular flexibility index (Phi) is 4.16. The van der Waals surface area contributed by atoms with Gasteiger partial charge in [-0.2, -0.15) is 5.10 Å². The lowest BCUT2D eigenvalue weighted by Gasteiger charge is -2.15. The maximum absolute atomic E-state index is 12.0. The molecule has 2 N–H and O–H groups in total. The molecule has 0 aliphatic carbocycles. The van der Waals surface area contributed by atoms with Crippen molar-refractivity contribution >= 4 is 23.2 Å². The number of carbonyl (C=O) groups is 1. The Bertz CT molecular complexity index is 660. The van der Waals surface area contributed by atoms with Crippen LogP contribution in [0.15, 0.2) is 24.3 Å².